The molecule has 0 saturated heterocycles. The van der Waals surface area contributed by atoms with E-state index < -0.39 is 0 Å². The summed E-state index contributed by atoms with van der Waals surface area (Å²) >= 11 is 6.15. The molecule has 0 aliphatic carbocycles. The summed E-state index contributed by atoms with van der Waals surface area (Å²) in [5.74, 6) is 0.969. The molecule has 1 aromatic carbocycles. The molecule has 0 amide bonds. The Balaban J connectivity index is 2.29. The van der Waals surface area contributed by atoms with Crippen molar-refractivity contribution in [2.45, 2.75) is 12.3 Å². The minimum absolute atomic E-state index is 0.364. The van der Waals surface area contributed by atoms with Gasteiger partial charge in [-0.15, -0.1) is 21.8 Å². The van der Waals surface area contributed by atoms with E-state index in [0.717, 1.165) is 5.56 Å². The first-order chi connectivity index (χ1) is 6.77. The maximum Gasteiger partial charge on any atom is 0.238 e. The highest BCUT2D eigenvalue weighted by Gasteiger charge is 2.16. The van der Waals surface area contributed by atoms with Crippen LogP contribution in [0.5, 0.6) is 0 Å². The maximum absolute atomic E-state index is 6.15. The van der Waals surface area contributed by atoms with Crippen molar-refractivity contribution in [3.8, 4) is 0 Å². The zero-order valence-corrected chi connectivity index (χ0v) is 8.40. The molecule has 0 bridgehead atoms. The molecule has 3 nitrogen and oxygen atoms in total. The predicted molar refractivity (Wildman–Crippen MR) is 53.2 cm³/mol. The topological polar surface area (TPSA) is 38.9 Å². The van der Waals surface area contributed by atoms with Gasteiger partial charge in [0.15, 0.2) is 0 Å². The van der Waals surface area contributed by atoms with E-state index in [4.69, 9.17) is 16.0 Å². The summed E-state index contributed by atoms with van der Waals surface area (Å²) in [5, 5.41) is 7.24. The SMILES string of the molecule is Cc1nnc(C(Cl)c2ccccc2)o1. The lowest BCUT2D eigenvalue weighted by Gasteiger charge is -2.03. The van der Waals surface area contributed by atoms with Crippen molar-refractivity contribution in [2.24, 2.45) is 0 Å². The number of hydrogen-bond acceptors (Lipinski definition) is 3. The Morgan fingerprint density at radius 1 is 1.21 bits per heavy atom. The number of alkyl halides is 1. The van der Waals surface area contributed by atoms with Gasteiger partial charge in [0.25, 0.3) is 0 Å². The third-order valence-electron chi connectivity index (χ3n) is 1.85. The molecular weight excluding hydrogens is 200 g/mol. The van der Waals surface area contributed by atoms with Crippen molar-refractivity contribution in [3.05, 3.63) is 47.7 Å². The molecule has 0 aliphatic heterocycles. The normalized spacial score (nSPS) is 12.7. The standard InChI is InChI=1S/C10H9ClN2O/c1-7-12-13-10(14-7)9(11)8-5-3-2-4-6-8/h2-6,9H,1H3. The van der Waals surface area contributed by atoms with E-state index in [9.17, 15) is 0 Å². The second-order valence-electron chi connectivity index (χ2n) is 2.93. The fraction of sp³-hybridized carbons (Fsp3) is 0.200. The first-order valence-electron chi connectivity index (χ1n) is 4.26. The average Bonchev–Trinajstić information content (AvgIpc) is 2.65. The summed E-state index contributed by atoms with van der Waals surface area (Å²) in [6.07, 6.45) is 0. The average molecular weight is 209 g/mol. The maximum atomic E-state index is 6.15. The van der Waals surface area contributed by atoms with Gasteiger partial charge in [-0.25, -0.2) is 0 Å². The summed E-state index contributed by atoms with van der Waals surface area (Å²) in [7, 11) is 0. The van der Waals surface area contributed by atoms with Crippen LogP contribution in [-0.2, 0) is 0 Å². The highest BCUT2D eigenvalue weighted by atomic mass is 35.5. The van der Waals surface area contributed by atoms with E-state index in [0.29, 0.717) is 11.8 Å². The molecule has 2 rings (SSSR count). The lowest BCUT2D eigenvalue weighted by atomic mass is 10.1. The molecule has 0 N–H and O–H groups in total. The van der Waals surface area contributed by atoms with Crippen molar-refractivity contribution in [3.63, 3.8) is 0 Å². The lowest BCUT2D eigenvalue weighted by Crippen LogP contribution is -1.92. The van der Waals surface area contributed by atoms with Crippen LogP contribution in [0, 0.1) is 6.92 Å². The fourth-order valence-corrected chi connectivity index (χ4v) is 1.41. The van der Waals surface area contributed by atoms with Crippen LogP contribution < -0.4 is 0 Å². The van der Waals surface area contributed by atoms with Crippen LogP contribution >= 0.6 is 11.6 Å². The van der Waals surface area contributed by atoms with E-state index in [1.54, 1.807) is 6.92 Å². The van der Waals surface area contributed by atoms with Gasteiger partial charge in [-0.1, -0.05) is 30.3 Å². The van der Waals surface area contributed by atoms with Gasteiger partial charge in [0.2, 0.25) is 11.8 Å². The number of rotatable bonds is 2. The molecule has 4 heteroatoms. The van der Waals surface area contributed by atoms with Crippen LogP contribution in [-0.4, -0.2) is 10.2 Å². The smallest absolute Gasteiger partial charge is 0.238 e. The molecule has 0 radical (unpaired) electrons. The van der Waals surface area contributed by atoms with Crippen molar-refractivity contribution >= 4 is 11.6 Å². The molecule has 1 unspecified atom stereocenters. The van der Waals surface area contributed by atoms with E-state index >= 15 is 0 Å². The molecule has 0 saturated carbocycles. The molecule has 0 fully saturated rings. The largest absolute Gasteiger partial charge is 0.424 e. The van der Waals surface area contributed by atoms with Gasteiger partial charge in [-0.3, -0.25) is 0 Å². The molecule has 0 spiro atoms. The van der Waals surface area contributed by atoms with Crippen molar-refractivity contribution < 1.29 is 4.42 Å². The minimum Gasteiger partial charge on any atom is -0.424 e. The number of halogens is 1. The number of hydrogen-bond donors (Lipinski definition) is 0. The summed E-state index contributed by atoms with van der Waals surface area (Å²) in [4.78, 5) is 0. The fourth-order valence-electron chi connectivity index (χ4n) is 1.18. The minimum atomic E-state index is -0.364. The van der Waals surface area contributed by atoms with E-state index in [-0.39, 0.29) is 5.38 Å². The van der Waals surface area contributed by atoms with Gasteiger partial charge < -0.3 is 4.42 Å². The van der Waals surface area contributed by atoms with E-state index in [2.05, 4.69) is 10.2 Å². The van der Waals surface area contributed by atoms with E-state index in [1.165, 1.54) is 0 Å². The lowest BCUT2D eigenvalue weighted by molar-refractivity contribution is 0.473. The number of nitrogens with zero attached hydrogens (tertiary/aromatic N) is 2. The summed E-state index contributed by atoms with van der Waals surface area (Å²) in [6, 6.07) is 9.64. The Morgan fingerprint density at radius 3 is 2.50 bits per heavy atom. The molecule has 1 aromatic heterocycles. The molecular formula is C10H9ClN2O. The predicted octanol–water partition coefficient (Wildman–Crippen LogP) is 2.71. The summed E-state index contributed by atoms with van der Waals surface area (Å²) in [5.41, 5.74) is 0.956. The van der Waals surface area contributed by atoms with Crippen molar-refractivity contribution in [2.75, 3.05) is 0 Å². The molecule has 2 aromatic rings. The Hall–Kier alpha value is -1.35. The van der Waals surface area contributed by atoms with Crippen LogP contribution in [0.25, 0.3) is 0 Å². The first kappa shape index (κ1) is 9.21. The number of aromatic nitrogens is 2. The van der Waals surface area contributed by atoms with Gasteiger partial charge in [0, 0.05) is 6.92 Å². The van der Waals surface area contributed by atoms with Gasteiger partial charge >= 0.3 is 0 Å². The highest BCUT2D eigenvalue weighted by Crippen LogP contribution is 2.26. The Kier molecular flexibility index (Phi) is 2.50. The Labute approximate surface area is 86.7 Å². The second kappa shape index (κ2) is 3.80. The molecule has 0 aliphatic rings. The van der Waals surface area contributed by atoms with Crippen LogP contribution in [0.15, 0.2) is 34.7 Å². The molecule has 14 heavy (non-hydrogen) atoms. The third kappa shape index (κ3) is 1.77. The number of benzene rings is 1. The highest BCUT2D eigenvalue weighted by molar-refractivity contribution is 6.22. The quantitative estimate of drug-likeness (QED) is 0.713. The monoisotopic (exact) mass is 208 g/mol. The molecule has 1 atom stereocenters. The van der Waals surface area contributed by atoms with Gasteiger partial charge in [-0.05, 0) is 5.56 Å². The summed E-state index contributed by atoms with van der Waals surface area (Å²) < 4.78 is 5.25. The molecule has 1 heterocycles. The van der Waals surface area contributed by atoms with Gasteiger partial charge in [0.05, 0.1) is 0 Å². The first-order valence-corrected chi connectivity index (χ1v) is 4.70. The van der Waals surface area contributed by atoms with Gasteiger partial charge in [0.1, 0.15) is 5.38 Å². The van der Waals surface area contributed by atoms with Crippen LogP contribution in [0.4, 0.5) is 0 Å². The summed E-state index contributed by atoms with van der Waals surface area (Å²) in [6.45, 7) is 1.74. The van der Waals surface area contributed by atoms with Crippen LogP contribution in [0.2, 0.25) is 0 Å². The van der Waals surface area contributed by atoms with Crippen molar-refractivity contribution in [1.29, 1.82) is 0 Å². The van der Waals surface area contributed by atoms with Crippen LogP contribution in [0.3, 0.4) is 0 Å². The zero-order valence-electron chi connectivity index (χ0n) is 7.64. The van der Waals surface area contributed by atoms with E-state index in [1.807, 2.05) is 30.3 Å². The van der Waals surface area contributed by atoms with Crippen molar-refractivity contribution in [1.82, 2.24) is 10.2 Å². The zero-order chi connectivity index (χ0) is 9.97. The Bertz CT molecular complexity index is 413. The Morgan fingerprint density at radius 2 is 1.93 bits per heavy atom. The van der Waals surface area contributed by atoms with Gasteiger partial charge in [-0.2, -0.15) is 0 Å². The van der Waals surface area contributed by atoms with Crippen LogP contribution in [0.1, 0.15) is 22.7 Å². The molecule has 72 valence electrons. The number of aryl methyl sites for hydroxylation is 1. The third-order valence-corrected chi connectivity index (χ3v) is 2.29. The second-order valence-corrected chi connectivity index (χ2v) is 3.37.